The van der Waals surface area contributed by atoms with Crippen LogP contribution in [-0.4, -0.2) is 16.8 Å². The van der Waals surface area contributed by atoms with E-state index in [1.165, 1.54) is 12.1 Å². The Morgan fingerprint density at radius 3 is 2.57 bits per heavy atom. The van der Waals surface area contributed by atoms with Crippen LogP contribution in [0.5, 0.6) is 5.75 Å². The van der Waals surface area contributed by atoms with Crippen molar-refractivity contribution in [3.05, 3.63) is 41.7 Å². The fourth-order valence-corrected chi connectivity index (χ4v) is 1.95. The van der Waals surface area contributed by atoms with Gasteiger partial charge in [-0.25, -0.2) is 0 Å². The second-order valence-corrected chi connectivity index (χ2v) is 4.53. The Labute approximate surface area is 164 Å². The maximum absolute atomic E-state index is 12.6. The summed E-state index contributed by atoms with van der Waals surface area (Å²) in [4.78, 5) is 0. The van der Waals surface area contributed by atoms with Crippen LogP contribution in [0.1, 0.15) is 18.3 Å². The van der Waals surface area contributed by atoms with Gasteiger partial charge in [-0.2, -0.15) is 5.10 Å². The van der Waals surface area contributed by atoms with Crippen molar-refractivity contribution in [3.8, 4) is 5.75 Å². The third-order valence-corrected chi connectivity index (χ3v) is 2.91. The number of aryl methyl sites for hydroxylation is 2. The van der Waals surface area contributed by atoms with Crippen molar-refractivity contribution in [1.82, 2.24) is 9.78 Å². The van der Waals surface area contributed by atoms with Crippen LogP contribution in [0.4, 0.5) is 12.9 Å². The van der Waals surface area contributed by atoms with Crippen LogP contribution in [0, 0.1) is 6.92 Å². The Balaban J connectivity index is 0.00000220. The minimum atomic E-state index is -5.00. The maximum Gasteiger partial charge on any atom is 1.00 e. The van der Waals surface area contributed by atoms with Gasteiger partial charge in [0.15, 0.2) is 0 Å². The maximum atomic E-state index is 12.6. The Kier molecular flexibility index (Phi) is 6.99. The average molecular weight is 322 g/mol. The third-order valence-electron chi connectivity index (χ3n) is 2.91. The van der Waals surface area contributed by atoms with Gasteiger partial charge in [0.1, 0.15) is 12.4 Å². The third kappa shape index (κ3) is 5.14. The molecule has 3 nitrogen and oxygen atoms in total. The first-order chi connectivity index (χ1) is 9.40. The zero-order valence-corrected chi connectivity index (χ0v) is 15.4. The predicted molar refractivity (Wildman–Crippen MR) is 72.1 cm³/mol. The van der Waals surface area contributed by atoms with Gasteiger partial charge in [0.05, 0.1) is 11.4 Å². The molecule has 0 unspecified atom stereocenters. The van der Waals surface area contributed by atoms with Crippen molar-refractivity contribution in [2.75, 3.05) is 0 Å². The Morgan fingerprint density at radius 1 is 1.24 bits per heavy atom. The molecular formula is C13H15BF3KN2O. The van der Waals surface area contributed by atoms with E-state index in [2.05, 4.69) is 5.10 Å². The molecule has 0 aliphatic heterocycles. The molecule has 1 aromatic carbocycles. The van der Waals surface area contributed by atoms with Gasteiger partial charge in [0.25, 0.3) is 0 Å². The van der Waals surface area contributed by atoms with Crippen LogP contribution in [0.2, 0.25) is 0 Å². The smallest absolute Gasteiger partial charge is 0.487 e. The van der Waals surface area contributed by atoms with Gasteiger partial charge in [0.2, 0.25) is 0 Å². The Morgan fingerprint density at radius 2 is 1.95 bits per heavy atom. The zero-order valence-electron chi connectivity index (χ0n) is 12.3. The van der Waals surface area contributed by atoms with E-state index in [0.29, 0.717) is 6.54 Å². The van der Waals surface area contributed by atoms with Gasteiger partial charge in [0, 0.05) is 6.54 Å². The van der Waals surface area contributed by atoms with Crippen molar-refractivity contribution in [2.45, 2.75) is 27.0 Å². The average Bonchev–Trinajstić information content (AvgIpc) is 2.76. The van der Waals surface area contributed by atoms with Gasteiger partial charge in [-0.1, -0.05) is 12.1 Å². The van der Waals surface area contributed by atoms with E-state index in [1.54, 1.807) is 4.68 Å². The SMILES string of the molecule is CCn1nc(C)cc1COc1cccc([B-](F)(F)F)c1.[K+]. The van der Waals surface area contributed by atoms with Gasteiger partial charge in [-0.05, 0) is 32.0 Å². The summed E-state index contributed by atoms with van der Waals surface area (Å²) >= 11 is 0. The van der Waals surface area contributed by atoms with E-state index in [-0.39, 0.29) is 63.7 Å². The van der Waals surface area contributed by atoms with Crippen LogP contribution in [0.15, 0.2) is 30.3 Å². The van der Waals surface area contributed by atoms with Gasteiger partial charge >= 0.3 is 58.4 Å². The molecule has 0 saturated heterocycles. The molecule has 8 heteroatoms. The van der Waals surface area contributed by atoms with Crippen molar-refractivity contribution in [2.24, 2.45) is 0 Å². The molecule has 2 rings (SSSR count). The molecule has 108 valence electrons. The van der Waals surface area contributed by atoms with Gasteiger partial charge in [-0.3, -0.25) is 4.68 Å². The summed E-state index contributed by atoms with van der Waals surface area (Å²) in [6, 6.07) is 6.81. The summed E-state index contributed by atoms with van der Waals surface area (Å²) in [6.07, 6.45) is 0. The molecule has 1 heterocycles. The summed E-state index contributed by atoms with van der Waals surface area (Å²) in [5.41, 5.74) is 1.05. The largest absolute Gasteiger partial charge is 1.00 e. The quantitative estimate of drug-likeness (QED) is 0.716. The molecule has 0 aliphatic carbocycles. The second-order valence-electron chi connectivity index (χ2n) is 4.53. The summed E-state index contributed by atoms with van der Waals surface area (Å²) in [5.74, 6) is 0.211. The number of aromatic nitrogens is 2. The number of halogens is 3. The minimum absolute atomic E-state index is 0. The first kappa shape index (κ1) is 18.8. The summed E-state index contributed by atoms with van der Waals surface area (Å²) < 4.78 is 45.1. The van der Waals surface area contributed by atoms with Gasteiger partial charge < -0.3 is 17.7 Å². The number of ether oxygens (including phenoxy) is 1. The number of hydrogen-bond donors (Lipinski definition) is 0. The van der Waals surface area contributed by atoms with Crippen LogP contribution in [0.3, 0.4) is 0 Å². The number of nitrogens with zero attached hydrogens (tertiary/aromatic N) is 2. The van der Waals surface area contributed by atoms with E-state index < -0.39 is 12.4 Å². The zero-order chi connectivity index (χ0) is 14.8. The Bertz CT molecular complexity index is 601. The monoisotopic (exact) mass is 322 g/mol. The molecule has 0 saturated carbocycles. The fraction of sp³-hybridized carbons (Fsp3) is 0.308. The van der Waals surface area contributed by atoms with E-state index >= 15 is 0 Å². The second kappa shape index (κ2) is 7.82. The number of benzene rings is 1. The van der Waals surface area contributed by atoms with Crippen LogP contribution >= 0.6 is 0 Å². The van der Waals surface area contributed by atoms with Crippen molar-refractivity contribution < 1.29 is 69.1 Å². The van der Waals surface area contributed by atoms with Gasteiger partial charge in [-0.15, -0.1) is 5.46 Å². The molecule has 0 fully saturated rings. The molecular weight excluding hydrogens is 307 g/mol. The van der Waals surface area contributed by atoms with E-state index in [4.69, 9.17) is 4.74 Å². The Hall–Kier alpha value is -0.279. The van der Waals surface area contributed by atoms with Crippen LogP contribution in [-0.2, 0) is 13.2 Å². The number of hydrogen-bond acceptors (Lipinski definition) is 2. The number of rotatable bonds is 5. The summed E-state index contributed by atoms with van der Waals surface area (Å²) in [5, 5.41) is 4.26. The molecule has 1 aromatic heterocycles. The molecule has 0 aliphatic rings. The van der Waals surface area contributed by atoms with Crippen LogP contribution < -0.4 is 61.6 Å². The molecule has 0 radical (unpaired) electrons. The molecule has 0 atom stereocenters. The first-order valence-corrected chi connectivity index (χ1v) is 6.36. The van der Waals surface area contributed by atoms with E-state index in [9.17, 15) is 12.9 Å². The van der Waals surface area contributed by atoms with Crippen molar-refractivity contribution >= 4 is 12.4 Å². The molecule has 0 bridgehead atoms. The first-order valence-electron chi connectivity index (χ1n) is 6.36. The van der Waals surface area contributed by atoms with E-state index in [1.807, 2.05) is 19.9 Å². The molecule has 21 heavy (non-hydrogen) atoms. The predicted octanol–water partition coefficient (Wildman–Crippen LogP) is -0.151. The topological polar surface area (TPSA) is 27.1 Å². The van der Waals surface area contributed by atoms with Crippen molar-refractivity contribution in [1.29, 1.82) is 0 Å². The normalized spacial score (nSPS) is 11.1. The summed E-state index contributed by atoms with van der Waals surface area (Å²) in [7, 11) is 0. The molecule has 0 N–H and O–H groups in total. The fourth-order valence-electron chi connectivity index (χ4n) is 1.95. The van der Waals surface area contributed by atoms with Crippen LogP contribution in [0.25, 0.3) is 0 Å². The van der Waals surface area contributed by atoms with Crippen molar-refractivity contribution in [3.63, 3.8) is 0 Å². The molecule has 2 aromatic rings. The summed E-state index contributed by atoms with van der Waals surface area (Å²) in [6.45, 7) is -0.300. The minimum Gasteiger partial charge on any atom is -0.487 e. The molecule has 0 spiro atoms. The van der Waals surface area contributed by atoms with E-state index in [0.717, 1.165) is 23.5 Å². The molecule has 0 amide bonds. The standard InChI is InChI=1S/C13H15BF3N2O.K/c1-3-19-12(7-10(2)18-19)9-20-13-6-4-5-11(8-13)14(15,16)17;/h4-8H,3,9H2,1-2H3;/q-1;+1.